The molecule has 16 heavy (non-hydrogen) atoms. The lowest BCUT2D eigenvalue weighted by Crippen LogP contribution is -2.37. The van der Waals surface area contributed by atoms with Crippen molar-refractivity contribution >= 4 is 29.9 Å². The minimum atomic E-state index is 0. The standard InChI is InChI=1S/C11H21N3O.HI/c1-4-8-13-11(12-3)14-9-6-7-10-15-5-2;/h1H,5-10H2,2-3H3,(H2,12,13,14);1H. The number of halogens is 1. The topological polar surface area (TPSA) is 45.7 Å². The van der Waals surface area contributed by atoms with Crippen molar-refractivity contribution in [1.29, 1.82) is 0 Å². The van der Waals surface area contributed by atoms with Gasteiger partial charge in [-0.2, -0.15) is 0 Å². The van der Waals surface area contributed by atoms with E-state index in [0.717, 1.165) is 38.6 Å². The quantitative estimate of drug-likeness (QED) is 0.241. The van der Waals surface area contributed by atoms with Crippen molar-refractivity contribution in [2.75, 3.05) is 33.4 Å². The SMILES string of the molecule is C#CCNC(=NC)NCCCCOCC.I. The number of hydrogen-bond donors (Lipinski definition) is 2. The van der Waals surface area contributed by atoms with Gasteiger partial charge in [-0.25, -0.2) is 0 Å². The summed E-state index contributed by atoms with van der Waals surface area (Å²) in [5.41, 5.74) is 0. The number of aliphatic imine (C=N–C) groups is 1. The third kappa shape index (κ3) is 11.6. The van der Waals surface area contributed by atoms with Gasteiger partial charge >= 0.3 is 0 Å². The highest BCUT2D eigenvalue weighted by atomic mass is 127. The van der Waals surface area contributed by atoms with Crippen LogP contribution in [0.2, 0.25) is 0 Å². The number of guanidine groups is 1. The first-order valence-corrected chi connectivity index (χ1v) is 5.30. The molecule has 0 aliphatic rings. The Morgan fingerprint density at radius 1 is 1.38 bits per heavy atom. The normalized spacial score (nSPS) is 10.2. The molecule has 0 saturated carbocycles. The zero-order valence-electron chi connectivity index (χ0n) is 10.1. The third-order valence-electron chi connectivity index (χ3n) is 1.79. The number of nitrogens with one attached hydrogen (secondary N) is 2. The largest absolute Gasteiger partial charge is 0.382 e. The van der Waals surface area contributed by atoms with Gasteiger partial charge < -0.3 is 15.4 Å². The first kappa shape index (κ1) is 17.9. The average molecular weight is 339 g/mol. The van der Waals surface area contributed by atoms with Gasteiger partial charge in [0.15, 0.2) is 5.96 Å². The van der Waals surface area contributed by atoms with Crippen LogP contribution in [0, 0.1) is 12.3 Å². The van der Waals surface area contributed by atoms with E-state index < -0.39 is 0 Å². The molecule has 0 aliphatic carbocycles. The van der Waals surface area contributed by atoms with Crippen LogP contribution >= 0.6 is 24.0 Å². The van der Waals surface area contributed by atoms with Gasteiger partial charge in [0.1, 0.15) is 0 Å². The van der Waals surface area contributed by atoms with E-state index in [2.05, 4.69) is 21.5 Å². The second kappa shape index (κ2) is 14.5. The van der Waals surface area contributed by atoms with E-state index in [9.17, 15) is 0 Å². The molecule has 94 valence electrons. The van der Waals surface area contributed by atoms with Gasteiger partial charge in [0, 0.05) is 26.8 Å². The molecule has 0 fully saturated rings. The van der Waals surface area contributed by atoms with Gasteiger partial charge in [-0.15, -0.1) is 30.4 Å². The Balaban J connectivity index is 0. The molecule has 0 atom stereocenters. The van der Waals surface area contributed by atoms with Gasteiger partial charge in [0.2, 0.25) is 0 Å². The number of ether oxygens (including phenoxy) is 1. The van der Waals surface area contributed by atoms with E-state index in [-0.39, 0.29) is 24.0 Å². The summed E-state index contributed by atoms with van der Waals surface area (Å²) >= 11 is 0. The molecule has 0 saturated heterocycles. The van der Waals surface area contributed by atoms with E-state index in [1.165, 1.54) is 0 Å². The van der Waals surface area contributed by atoms with Crippen molar-refractivity contribution in [3.8, 4) is 12.3 Å². The van der Waals surface area contributed by atoms with Crippen LogP contribution in [-0.2, 0) is 4.74 Å². The van der Waals surface area contributed by atoms with Crippen molar-refractivity contribution < 1.29 is 4.74 Å². The fourth-order valence-corrected chi connectivity index (χ4v) is 1.04. The number of unbranched alkanes of at least 4 members (excludes halogenated alkanes) is 1. The van der Waals surface area contributed by atoms with Gasteiger partial charge in [-0.3, -0.25) is 4.99 Å². The maximum absolute atomic E-state index is 5.23. The van der Waals surface area contributed by atoms with Gasteiger partial charge in [0.25, 0.3) is 0 Å². The minimum absolute atomic E-state index is 0. The monoisotopic (exact) mass is 339 g/mol. The molecule has 0 aromatic heterocycles. The van der Waals surface area contributed by atoms with Gasteiger partial charge in [-0.05, 0) is 19.8 Å². The Morgan fingerprint density at radius 2 is 2.12 bits per heavy atom. The number of hydrogen-bond acceptors (Lipinski definition) is 2. The van der Waals surface area contributed by atoms with Crippen LogP contribution in [-0.4, -0.2) is 39.3 Å². The minimum Gasteiger partial charge on any atom is -0.382 e. The number of rotatable bonds is 7. The molecule has 5 heteroatoms. The lowest BCUT2D eigenvalue weighted by molar-refractivity contribution is 0.143. The molecule has 0 aromatic carbocycles. The summed E-state index contributed by atoms with van der Waals surface area (Å²) in [4.78, 5) is 4.03. The van der Waals surface area contributed by atoms with Crippen molar-refractivity contribution in [3.05, 3.63) is 0 Å². The fraction of sp³-hybridized carbons (Fsp3) is 0.727. The second-order valence-electron chi connectivity index (χ2n) is 2.96. The number of nitrogens with zero attached hydrogens (tertiary/aromatic N) is 1. The second-order valence-corrected chi connectivity index (χ2v) is 2.96. The summed E-state index contributed by atoms with van der Waals surface area (Å²) in [6.07, 6.45) is 7.26. The number of terminal acetylenes is 1. The Morgan fingerprint density at radius 3 is 2.69 bits per heavy atom. The van der Waals surface area contributed by atoms with Crippen molar-refractivity contribution in [2.24, 2.45) is 4.99 Å². The molecular formula is C11H22IN3O. The van der Waals surface area contributed by atoms with Crippen LogP contribution in [0.4, 0.5) is 0 Å². The average Bonchev–Trinajstić information content (AvgIpc) is 2.27. The van der Waals surface area contributed by atoms with Gasteiger partial charge in [0.05, 0.1) is 6.54 Å². The smallest absolute Gasteiger partial charge is 0.191 e. The van der Waals surface area contributed by atoms with E-state index in [1.807, 2.05) is 6.92 Å². The first-order chi connectivity index (χ1) is 7.35. The first-order valence-electron chi connectivity index (χ1n) is 5.30. The molecule has 2 N–H and O–H groups in total. The predicted octanol–water partition coefficient (Wildman–Crippen LogP) is 1.22. The van der Waals surface area contributed by atoms with Crippen molar-refractivity contribution in [1.82, 2.24) is 10.6 Å². The van der Waals surface area contributed by atoms with E-state index >= 15 is 0 Å². The van der Waals surface area contributed by atoms with Crippen LogP contribution in [0.1, 0.15) is 19.8 Å². The Kier molecular flexibility index (Phi) is 16.2. The molecule has 0 rings (SSSR count). The molecule has 0 bridgehead atoms. The Hall–Kier alpha value is -0.480. The van der Waals surface area contributed by atoms with E-state index in [4.69, 9.17) is 11.2 Å². The molecular weight excluding hydrogens is 317 g/mol. The van der Waals surface area contributed by atoms with Crippen LogP contribution in [0.3, 0.4) is 0 Å². The molecule has 4 nitrogen and oxygen atoms in total. The van der Waals surface area contributed by atoms with Gasteiger partial charge in [-0.1, -0.05) is 5.92 Å². The summed E-state index contributed by atoms with van der Waals surface area (Å²) < 4.78 is 5.23. The zero-order valence-corrected chi connectivity index (χ0v) is 12.4. The van der Waals surface area contributed by atoms with E-state index in [1.54, 1.807) is 7.05 Å². The van der Waals surface area contributed by atoms with Crippen LogP contribution in [0.25, 0.3) is 0 Å². The molecule has 0 aliphatic heterocycles. The van der Waals surface area contributed by atoms with Crippen LogP contribution in [0.15, 0.2) is 4.99 Å². The molecule has 0 amide bonds. The van der Waals surface area contributed by atoms with Crippen LogP contribution < -0.4 is 10.6 Å². The maximum Gasteiger partial charge on any atom is 0.191 e. The zero-order chi connectivity index (χ0) is 11.4. The predicted molar refractivity (Wildman–Crippen MR) is 79.3 cm³/mol. The molecule has 0 unspecified atom stereocenters. The summed E-state index contributed by atoms with van der Waals surface area (Å²) in [5.74, 6) is 3.25. The highest BCUT2D eigenvalue weighted by Crippen LogP contribution is 1.88. The summed E-state index contributed by atoms with van der Waals surface area (Å²) in [6, 6.07) is 0. The van der Waals surface area contributed by atoms with E-state index in [0.29, 0.717) is 6.54 Å². The highest BCUT2D eigenvalue weighted by molar-refractivity contribution is 14.0. The lowest BCUT2D eigenvalue weighted by atomic mass is 10.3. The van der Waals surface area contributed by atoms with Crippen LogP contribution in [0.5, 0.6) is 0 Å². The fourth-order valence-electron chi connectivity index (χ4n) is 1.04. The molecule has 0 heterocycles. The third-order valence-corrected chi connectivity index (χ3v) is 1.79. The van der Waals surface area contributed by atoms with Crippen molar-refractivity contribution in [2.45, 2.75) is 19.8 Å². The molecule has 0 spiro atoms. The summed E-state index contributed by atoms with van der Waals surface area (Å²) in [7, 11) is 1.73. The Bertz CT molecular complexity index is 214. The molecule has 0 radical (unpaired) electrons. The lowest BCUT2D eigenvalue weighted by Gasteiger charge is -2.09. The summed E-state index contributed by atoms with van der Waals surface area (Å²) in [6.45, 7) is 5.01. The highest BCUT2D eigenvalue weighted by Gasteiger charge is 1.94. The summed E-state index contributed by atoms with van der Waals surface area (Å²) in [5, 5.41) is 6.16. The van der Waals surface area contributed by atoms with Crippen molar-refractivity contribution in [3.63, 3.8) is 0 Å². The molecule has 0 aromatic rings. The Labute approximate surface area is 116 Å². The maximum atomic E-state index is 5.23.